The second-order valence-corrected chi connectivity index (χ2v) is 8.08. The number of benzene rings is 1. The molecule has 1 aromatic rings. The molecule has 5 heteroatoms. The van der Waals surface area contributed by atoms with Gasteiger partial charge in [-0.1, -0.05) is 43.7 Å². The van der Waals surface area contributed by atoms with Gasteiger partial charge in [-0.05, 0) is 49.9 Å². The summed E-state index contributed by atoms with van der Waals surface area (Å²) in [5, 5.41) is 3.89. The molecule has 1 aliphatic carbocycles. The van der Waals surface area contributed by atoms with E-state index in [9.17, 15) is 9.59 Å². The van der Waals surface area contributed by atoms with Crippen LogP contribution in [-0.4, -0.2) is 35.8 Å². The smallest absolute Gasteiger partial charge is 0.253 e. The minimum absolute atomic E-state index is 0.00915. The van der Waals surface area contributed by atoms with Crippen LogP contribution in [0.4, 0.5) is 0 Å². The zero-order chi connectivity index (χ0) is 18.4. The Morgan fingerprint density at radius 3 is 2.27 bits per heavy atom. The molecule has 0 aromatic heterocycles. The third-order valence-electron chi connectivity index (χ3n) is 5.62. The van der Waals surface area contributed by atoms with Crippen LogP contribution in [0.25, 0.3) is 0 Å². The van der Waals surface area contributed by atoms with Gasteiger partial charge in [-0.2, -0.15) is 0 Å². The first kappa shape index (κ1) is 19.2. The highest BCUT2D eigenvalue weighted by Gasteiger charge is 2.30. The summed E-state index contributed by atoms with van der Waals surface area (Å²) in [6.07, 6.45) is 10.2. The predicted molar refractivity (Wildman–Crippen MR) is 104 cm³/mol. The van der Waals surface area contributed by atoms with Gasteiger partial charge in [0, 0.05) is 29.7 Å². The maximum Gasteiger partial charge on any atom is 0.253 e. The normalized spacial score (nSPS) is 22.3. The molecule has 2 amide bonds. The highest BCUT2D eigenvalue weighted by molar-refractivity contribution is 6.30. The first-order valence-electron chi connectivity index (χ1n) is 9.99. The van der Waals surface area contributed by atoms with E-state index in [1.165, 1.54) is 32.1 Å². The van der Waals surface area contributed by atoms with Gasteiger partial charge >= 0.3 is 0 Å². The number of hydrogen-bond donors (Lipinski definition) is 1. The molecule has 1 saturated heterocycles. The fourth-order valence-corrected chi connectivity index (χ4v) is 4.20. The summed E-state index contributed by atoms with van der Waals surface area (Å²) in [7, 11) is 0. The Bertz CT molecular complexity index is 609. The number of nitrogens with one attached hydrogen (secondary N) is 1. The largest absolute Gasteiger partial charge is 0.353 e. The lowest BCUT2D eigenvalue weighted by Gasteiger charge is -2.33. The van der Waals surface area contributed by atoms with Crippen molar-refractivity contribution in [2.24, 2.45) is 5.92 Å². The van der Waals surface area contributed by atoms with Gasteiger partial charge in [-0.3, -0.25) is 9.59 Å². The number of carbonyl (C=O) groups is 2. The highest BCUT2D eigenvalue weighted by atomic mass is 35.5. The summed E-state index contributed by atoms with van der Waals surface area (Å²) < 4.78 is 0. The van der Waals surface area contributed by atoms with Crippen molar-refractivity contribution in [2.75, 3.05) is 13.1 Å². The number of likely N-dealkylation sites (tertiary alicyclic amines) is 1. The highest BCUT2D eigenvalue weighted by Crippen LogP contribution is 2.22. The summed E-state index contributed by atoms with van der Waals surface area (Å²) >= 11 is 5.90. The van der Waals surface area contributed by atoms with Crippen LogP contribution in [-0.2, 0) is 4.79 Å². The van der Waals surface area contributed by atoms with Crippen LogP contribution in [0.2, 0.25) is 5.02 Å². The Balaban J connectivity index is 1.55. The molecule has 1 aliphatic heterocycles. The number of rotatable bonds is 3. The van der Waals surface area contributed by atoms with Gasteiger partial charge in [-0.25, -0.2) is 0 Å². The van der Waals surface area contributed by atoms with Crippen molar-refractivity contribution in [3.8, 4) is 0 Å². The average Bonchev–Trinajstić information content (AvgIpc) is 2.64. The van der Waals surface area contributed by atoms with Crippen molar-refractivity contribution in [2.45, 2.75) is 63.8 Å². The van der Waals surface area contributed by atoms with E-state index in [1.807, 2.05) is 4.90 Å². The number of halogens is 1. The number of amides is 2. The molecule has 0 radical (unpaired) electrons. The molecule has 0 unspecified atom stereocenters. The fourth-order valence-electron chi connectivity index (χ4n) is 4.07. The fraction of sp³-hybridized carbons (Fsp3) is 0.619. The van der Waals surface area contributed by atoms with Crippen LogP contribution in [0.1, 0.15) is 68.1 Å². The maximum absolute atomic E-state index is 12.7. The molecule has 2 aliphatic rings. The minimum atomic E-state index is -0.0922. The Hall–Kier alpha value is -1.55. The third-order valence-corrected chi connectivity index (χ3v) is 5.87. The van der Waals surface area contributed by atoms with E-state index in [4.69, 9.17) is 11.6 Å². The van der Waals surface area contributed by atoms with Gasteiger partial charge in [0.25, 0.3) is 5.91 Å². The lowest BCUT2D eigenvalue weighted by atomic mass is 9.93. The molecule has 1 aromatic carbocycles. The van der Waals surface area contributed by atoms with Crippen molar-refractivity contribution in [3.05, 3.63) is 34.9 Å². The molecule has 1 N–H and O–H groups in total. The predicted octanol–water partition coefficient (Wildman–Crippen LogP) is 4.42. The van der Waals surface area contributed by atoms with Gasteiger partial charge in [-0.15, -0.1) is 0 Å². The van der Waals surface area contributed by atoms with Crippen molar-refractivity contribution < 1.29 is 9.59 Å². The van der Waals surface area contributed by atoms with Crippen molar-refractivity contribution in [1.82, 2.24) is 10.2 Å². The molecule has 1 atom stereocenters. The van der Waals surface area contributed by atoms with E-state index in [2.05, 4.69) is 5.32 Å². The van der Waals surface area contributed by atoms with Crippen LogP contribution in [0.5, 0.6) is 0 Å². The van der Waals surface area contributed by atoms with Gasteiger partial charge in [0.05, 0.1) is 5.92 Å². The molecule has 0 bridgehead atoms. The monoisotopic (exact) mass is 376 g/mol. The molecule has 0 spiro atoms. The van der Waals surface area contributed by atoms with Crippen molar-refractivity contribution in [1.29, 1.82) is 0 Å². The zero-order valence-corrected chi connectivity index (χ0v) is 16.1. The van der Waals surface area contributed by atoms with Gasteiger partial charge in [0.1, 0.15) is 0 Å². The standard InChI is InChI=1S/C21H29ClN2O2/c22-18-12-10-16(11-13-18)21(26)24-14-6-7-17(15-24)20(25)23-19-8-4-2-1-3-5-9-19/h10-13,17,19H,1-9,14-15H2,(H,23,25)/t17-/m0/s1. The second kappa shape index (κ2) is 9.40. The molecular weight excluding hydrogens is 348 g/mol. The Morgan fingerprint density at radius 1 is 0.923 bits per heavy atom. The maximum atomic E-state index is 12.7. The molecule has 4 nitrogen and oxygen atoms in total. The summed E-state index contributed by atoms with van der Waals surface area (Å²) in [5.74, 6) is 0.0275. The molecule has 142 valence electrons. The molecule has 1 saturated carbocycles. The Labute approximate surface area is 161 Å². The Morgan fingerprint density at radius 2 is 1.58 bits per heavy atom. The van der Waals surface area contributed by atoms with Crippen molar-refractivity contribution >= 4 is 23.4 Å². The first-order valence-corrected chi connectivity index (χ1v) is 10.4. The minimum Gasteiger partial charge on any atom is -0.353 e. The van der Waals surface area contributed by atoms with E-state index >= 15 is 0 Å². The summed E-state index contributed by atoms with van der Waals surface area (Å²) in [5.41, 5.74) is 0.635. The topological polar surface area (TPSA) is 49.4 Å². The SMILES string of the molecule is O=C(NC1CCCCCCC1)[C@H]1CCCN(C(=O)c2ccc(Cl)cc2)C1. The molecule has 2 fully saturated rings. The van der Waals surface area contributed by atoms with Crippen molar-refractivity contribution in [3.63, 3.8) is 0 Å². The van der Waals surface area contributed by atoms with Gasteiger partial charge in [0.2, 0.25) is 5.91 Å². The quantitative estimate of drug-likeness (QED) is 0.848. The third kappa shape index (κ3) is 5.23. The van der Waals surface area contributed by atoms with Crippen LogP contribution >= 0.6 is 11.6 Å². The number of carbonyl (C=O) groups excluding carboxylic acids is 2. The summed E-state index contributed by atoms with van der Waals surface area (Å²) in [6, 6.07) is 7.28. The molecule has 26 heavy (non-hydrogen) atoms. The van der Waals surface area contributed by atoms with E-state index in [0.717, 1.165) is 25.7 Å². The van der Waals surface area contributed by atoms with E-state index in [0.29, 0.717) is 29.7 Å². The van der Waals surface area contributed by atoms with Crippen LogP contribution in [0.3, 0.4) is 0 Å². The number of piperidine rings is 1. The van der Waals surface area contributed by atoms with Crippen LogP contribution < -0.4 is 5.32 Å². The lowest BCUT2D eigenvalue weighted by molar-refractivity contribution is -0.127. The summed E-state index contributed by atoms with van der Waals surface area (Å²) in [4.78, 5) is 27.3. The van der Waals surface area contributed by atoms with Crippen LogP contribution in [0.15, 0.2) is 24.3 Å². The lowest BCUT2D eigenvalue weighted by Crippen LogP contribution is -2.47. The van der Waals surface area contributed by atoms with Gasteiger partial charge in [0.15, 0.2) is 0 Å². The van der Waals surface area contributed by atoms with Gasteiger partial charge < -0.3 is 10.2 Å². The zero-order valence-electron chi connectivity index (χ0n) is 15.4. The number of nitrogens with zero attached hydrogens (tertiary/aromatic N) is 1. The van der Waals surface area contributed by atoms with E-state index < -0.39 is 0 Å². The van der Waals surface area contributed by atoms with E-state index in [1.54, 1.807) is 24.3 Å². The molecular formula is C21H29ClN2O2. The molecule has 3 rings (SSSR count). The summed E-state index contributed by atoms with van der Waals surface area (Å²) in [6.45, 7) is 1.23. The van der Waals surface area contributed by atoms with Crippen LogP contribution in [0, 0.1) is 5.92 Å². The second-order valence-electron chi connectivity index (χ2n) is 7.65. The Kier molecular flexibility index (Phi) is 6.95. The average molecular weight is 377 g/mol. The number of hydrogen-bond acceptors (Lipinski definition) is 2. The first-order chi connectivity index (χ1) is 12.6. The molecule has 1 heterocycles. The van der Waals surface area contributed by atoms with E-state index in [-0.39, 0.29) is 17.7 Å².